The number of piperidine rings is 1. The number of aromatic nitrogens is 2. The molecule has 2 aromatic heterocycles. The normalized spacial score (nSPS) is 14.2. The number of fused-ring (bicyclic) bond motifs is 2. The fourth-order valence-corrected chi connectivity index (χ4v) is 5.06. The molecule has 2 aliphatic heterocycles. The van der Waals surface area contributed by atoms with Crippen molar-refractivity contribution in [2.45, 2.75) is 25.8 Å². The van der Waals surface area contributed by atoms with E-state index in [1.807, 2.05) is 35.3 Å². The first-order valence-electron chi connectivity index (χ1n) is 13.4. The summed E-state index contributed by atoms with van der Waals surface area (Å²) in [4.78, 5) is 51.2. The highest BCUT2D eigenvalue weighted by Crippen LogP contribution is 2.32. The molecule has 0 radical (unpaired) electrons. The topological polar surface area (TPSA) is 159 Å². The zero-order chi connectivity index (χ0) is 30.2. The molecule has 1 N–H and O–H groups in total. The molecule has 0 saturated carbocycles. The third-order valence-corrected chi connectivity index (χ3v) is 7.36. The molecule has 1 fully saturated rings. The molecule has 43 heavy (non-hydrogen) atoms. The predicted octanol–water partition coefficient (Wildman–Crippen LogP) is 4.60. The summed E-state index contributed by atoms with van der Waals surface area (Å²) < 4.78 is 16.8. The Hall–Kier alpha value is -5.24. The lowest BCUT2D eigenvalue weighted by atomic mass is 10.1. The third kappa shape index (κ3) is 7.54. The molecule has 4 aromatic rings. The Labute approximate surface area is 248 Å². The number of thiazole rings is 1. The zero-order valence-electron chi connectivity index (χ0n) is 22.8. The van der Waals surface area contributed by atoms with Crippen molar-refractivity contribution in [3.63, 3.8) is 0 Å². The van der Waals surface area contributed by atoms with Gasteiger partial charge in [0.2, 0.25) is 18.6 Å². The molecule has 2 aromatic carbocycles. The summed E-state index contributed by atoms with van der Waals surface area (Å²) in [6.45, 7) is 1.78. The molecule has 4 heterocycles. The van der Waals surface area contributed by atoms with Crippen LogP contribution in [0.15, 0.2) is 76.1 Å². The van der Waals surface area contributed by atoms with Crippen LogP contribution in [0.25, 0.3) is 17.2 Å². The van der Waals surface area contributed by atoms with Gasteiger partial charge in [0.25, 0.3) is 0 Å². The summed E-state index contributed by atoms with van der Waals surface area (Å²) in [5.41, 5.74) is 1.90. The number of para-hydroxylation sites is 2. The smallest absolute Gasteiger partial charge is 0.420 e. The lowest BCUT2D eigenvalue weighted by Gasteiger charge is -2.25. The Morgan fingerprint density at radius 2 is 1.86 bits per heavy atom. The highest BCUT2D eigenvalue weighted by molar-refractivity contribution is 7.18. The van der Waals surface area contributed by atoms with Crippen molar-refractivity contribution in [2.75, 3.05) is 25.2 Å². The molecule has 0 aliphatic carbocycles. The Morgan fingerprint density at radius 3 is 2.65 bits per heavy atom. The summed E-state index contributed by atoms with van der Waals surface area (Å²) >= 11 is 0.737. The molecule has 0 atom stereocenters. The van der Waals surface area contributed by atoms with E-state index in [2.05, 4.69) is 10.3 Å². The molecular formula is C29H27N5O8S. The van der Waals surface area contributed by atoms with Crippen molar-refractivity contribution >= 4 is 50.5 Å². The van der Waals surface area contributed by atoms with Gasteiger partial charge in [0, 0.05) is 19.2 Å². The Kier molecular flexibility index (Phi) is 9.26. The van der Waals surface area contributed by atoms with Crippen molar-refractivity contribution in [2.24, 2.45) is 0 Å². The summed E-state index contributed by atoms with van der Waals surface area (Å²) in [6.07, 6.45) is 11.8. The third-order valence-electron chi connectivity index (χ3n) is 6.50. The van der Waals surface area contributed by atoms with Gasteiger partial charge in [-0.3, -0.25) is 24.3 Å². The van der Waals surface area contributed by atoms with Gasteiger partial charge in [-0.05, 0) is 60.4 Å². The van der Waals surface area contributed by atoms with Crippen LogP contribution in [-0.4, -0.2) is 51.1 Å². The van der Waals surface area contributed by atoms with Crippen molar-refractivity contribution in [3.8, 4) is 11.5 Å². The van der Waals surface area contributed by atoms with Gasteiger partial charge in [0.1, 0.15) is 12.7 Å². The molecule has 2 aliphatic rings. The first-order chi connectivity index (χ1) is 20.9. The summed E-state index contributed by atoms with van der Waals surface area (Å²) in [7, 11) is 0. The van der Waals surface area contributed by atoms with E-state index in [0.29, 0.717) is 11.1 Å². The maximum atomic E-state index is 11.9. The first-order valence-corrected chi connectivity index (χ1v) is 14.2. The number of anilines is 1. The number of nitrogens with zero attached hydrogens (tertiary/aromatic N) is 4. The number of oxazole rings is 1. The minimum atomic E-state index is -0.651. The molecule has 13 nitrogen and oxygen atoms in total. The predicted molar refractivity (Wildman–Crippen MR) is 159 cm³/mol. The van der Waals surface area contributed by atoms with Crippen molar-refractivity contribution in [1.82, 2.24) is 14.5 Å². The van der Waals surface area contributed by atoms with E-state index in [9.17, 15) is 24.5 Å². The second-order valence-corrected chi connectivity index (χ2v) is 10.5. The molecule has 6 rings (SSSR count). The number of carbonyl (C=O) groups is 2. The molecule has 0 bridgehead atoms. The highest BCUT2D eigenvalue weighted by atomic mass is 32.1. The van der Waals surface area contributed by atoms with E-state index in [1.165, 1.54) is 11.0 Å². The van der Waals surface area contributed by atoms with Crippen molar-refractivity contribution in [1.29, 1.82) is 0 Å². The van der Waals surface area contributed by atoms with Crippen LogP contribution in [-0.2, 0) is 16.1 Å². The highest BCUT2D eigenvalue weighted by Gasteiger charge is 2.17. The number of hydrogen-bond acceptors (Lipinski definition) is 10. The van der Waals surface area contributed by atoms with Gasteiger partial charge in [-0.2, -0.15) is 0 Å². The minimum Gasteiger partial charge on any atom is -0.454 e. The number of nitro groups is 1. The van der Waals surface area contributed by atoms with Crippen molar-refractivity contribution < 1.29 is 28.4 Å². The second kappa shape index (κ2) is 13.6. The molecule has 2 amide bonds. The van der Waals surface area contributed by atoms with Crippen LogP contribution in [0.3, 0.4) is 0 Å². The first kappa shape index (κ1) is 29.3. The monoisotopic (exact) mass is 605 g/mol. The lowest BCUT2D eigenvalue weighted by Crippen LogP contribution is -2.34. The maximum Gasteiger partial charge on any atom is 0.420 e. The van der Waals surface area contributed by atoms with Crippen LogP contribution in [0, 0.1) is 10.1 Å². The SMILES string of the molecule is O=C(C=CC=Cc1ccc2c(c1)OCO2)N1CCCCC1.O=C(Cn1c(=O)oc2ccccc21)Nc1ncc([N+](=O)[O-])s1. The van der Waals surface area contributed by atoms with Gasteiger partial charge in [0.05, 0.1) is 10.4 Å². The number of ether oxygens (including phenoxy) is 2. The van der Waals surface area contributed by atoms with E-state index in [-0.39, 0.29) is 29.4 Å². The number of benzene rings is 2. The van der Waals surface area contributed by atoms with Crippen LogP contribution in [0.1, 0.15) is 24.8 Å². The fourth-order valence-electron chi connectivity index (χ4n) is 4.41. The Morgan fingerprint density at radius 1 is 1.07 bits per heavy atom. The Bertz CT molecular complexity index is 1750. The Balaban J connectivity index is 0.000000171. The lowest BCUT2D eigenvalue weighted by molar-refractivity contribution is -0.380. The standard InChI is InChI=1S/C17H19NO3.C12H8N4O5S/c19-17(18-10-4-1-5-11-18)7-3-2-6-14-8-9-15-16(12-14)21-13-20-15;17-9(14-11-13-5-10(22-11)16(19)20)6-15-7-3-1-2-4-8(7)21-12(15)18/h2-3,6-9,12H,1,4-5,10-11,13H2;1-5H,6H2,(H,13,14,17). The number of carbonyl (C=O) groups excluding carboxylic acids is 2. The number of allylic oxidation sites excluding steroid dienone is 2. The van der Waals surface area contributed by atoms with Gasteiger partial charge in [-0.1, -0.05) is 36.4 Å². The van der Waals surface area contributed by atoms with Gasteiger partial charge in [0.15, 0.2) is 22.2 Å². The van der Waals surface area contributed by atoms with E-state index < -0.39 is 16.6 Å². The van der Waals surface area contributed by atoms with E-state index >= 15 is 0 Å². The van der Waals surface area contributed by atoms with Gasteiger partial charge < -0.3 is 24.1 Å². The molecule has 1 saturated heterocycles. The van der Waals surface area contributed by atoms with Crippen LogP contribution in [0.4, 0.5) is 10.1 Å². The number of hydrogen-bond donors (Lipinski definition) is 1. The van der Waals surface area contributed by atoms with Crippen LogP contribution in [0.2, 0.25) is 0 Å². The zero-order valence-corrected chi connectivity index (χ0v) is 23.7. The molecule has 222 valence electrons. The minimum absolute atomic E-state index is 0.0950. The quantitative estimate of drug-likeness (QED) is 0.138. The molecular weight excluding hydrogens is 578 g/mol. The van der Waals surface area contributed by atoms with Gasteiger partial charge in [-0.15, -0.1) is 0 Å². The van der Waals surface area contributed by atoms with Crippen LogP contribution < -0.4 is 20.5 Å². The fraction of sp³-hybridized carbons (Fsp3) is 0.241. The number of rotatable bonds is 7. The summed E-state index contributed by atoms with van der Waals surface area (Å²) in [5, 5.41) is 12.9. The largest absolute Gasteiger partial charge is 0.454 e. The van der Waals surface area contributed by atoms with Gasteiger partial charge in [-0.25, -0.2) is 9.78 Å². The molecule has 14 heteroatoms. The van der Waals surface area contributed by atoms with Gasteiger partial charge >= 0.3 is 10.8 Å². The second-order valence-electron chi connectivity index (χ2n) is 9.45. The average Bonchev–Trinajstić information content (AvgIpc) is 3.75. The summed E-state index contributed by atoms with van der Waals surface area (Å²) in [5.74, 6) is 0.470. The van der Waals surface area contributed by atoms with Crippen molar-refractivity contribution in [3.05, 3.63) is 93.1 Å². The van der Waals surface area contributed by atoms with Crippen LogP contribution in [0.5, 0.6) is 11.5 Å². The van der Waals surface area contributed by atoms with E-state index in [1.54, 1.807) is 36.4 Å². The average molecular weight is 606 g/mol. The molecule has 0 spiro atoms. The summed E-state index contributed by atoms with van der Waals surface area (Å²) in [6, 6.07) is 12.5. The van der Waals surface area contributed by atoms with Crippen LogP contribution >= 0.6 is 11.3 Å². The molecule has 0 unspecified atom stereocenters. The van der Waals surface area contributed by atoms with E-state index in [0.717, 1.165) is 60.5 Å². The van der Waals surface area contributed by atoms with E-state index in [4.69, 9.17) is 13.9 Å². The number of likely N-dealkylation sites (tertiary alicyclic amines) is 1. The number of nitrogens with one attached hydrogen (secondary N) is 1. The maximum absolute atomic E-state index is 11.9. The number of amides is 2.